The number of rotatable bonds is 5. The minimum atomic E-state index is -0.471. The molecule has 0 unspecified atom stereocenters. The van der Waals surface area contributed by atoms with Crippen molar-refractivity contribution in [1.82, 2.24) is 0 Å². The van der Waals surface area contributed by atoms with Crippen LogP contribution in [-0.4, -0.2) is 19.6 Å². The van der Waals surface area contributed by atoms with Crippen LogP contribution in [-0.2, 0) is 4.79 Å². The largest absolute Gasteiger partial charge is 0.494 e. The van der Waals surface area contributed by atoms with Crippen molar-refractivity contribution in [1.29, 1.82) is 0 Å². The molecule has 0 radical (unpaired) electrons. The third-order valence-electron chi connectivity index (χ3n) is 2.66. The van der Waals surface area contributed by atoms with E-state index in [1.807, 2.05) is 18.2 Å². The third-order valence-corrected chi connectivity index (χ3v) is 2.66. The van der Waals surface area contributed by atoms with Crippen LogP contribution < -0.4 is 15.4 Å². The Kier molecular flexibility index (Phi) is 4.55. The normalized spacial score (nSPS) is 9.90. The number of amides is 1. The zero-order valence-corrected chi connectivity index (χ0v) is 11.0. The molecule has 4 nitrogen and oxygen atoms in total. The van der Waals surface area contributed by atoms with E-state index in [0.29, 0.717) is 5.69 Å². The molecule has 0 aliphatic rings. The van der Waals surface area contributed by atoms with Crippen molar-refractivity contribution in [3.63, 3.8) is 0 Å². The molecule has 0 aliphatic carbocycles. The molecule has 0 atom stereocenters. The number of hydrogen-bond acceptors (Lipinski definition) is 3. The molecule has 0 spiro atoms. The summed E-state index contributed by atoms with van der Waals surface area (Å²) in [5.74, 6) is -0.502. The van der Waals surface area contributed by atoms with E-state index in [9.17, 15) is 9.18 Å². The average Bonchev–Trinajstić information content (AvgIpc) is 2.46. The zero-order valence-electron chi connectivity index (χ0n) is 11.0. The molecular formula is C15H15FN2O2. The molecule has 2 aromatic rings. The van der Waals surface area contributed by atoms with Crippen LogP contribution in [0.3, 0.4) is 0 Å². The van der Waals surface area contributed by atoms with Crippen LogP contribution in [0.5, 0.6) is 5.75 Å². The first kappa shape index (κ1) is 13.9. The maximum absolute atomic E-state index is 13.5. The highest BCUT2D eigenvalue weighted by atomic mass is 19.1. The monoisotopic (exact) mass is 274 g/mol. The van der Waals surface area contributed by atoms with Gasteiger partial charge in [-0.1, -0.05) is 18.2 Å². The average molecular weight is 274 g/mol. The van der Waals surface area contributed by atoms with Crippen molar-refractivity contribution in [3.8, 4) is 5.75 Å². The summed E-state index contributed by atoms with van der Waals surface area (Å²) in [5, 5.41) is 5.58. The van der Waals surface area contributed by atoms with Gasteiger partial charge in [-0.05, 0) is 24.3 Å². The summed E-state index contributed by atoms with van der Waals surface area (Å²) < 4.78 is 18.3. The van der Waals surface area contributed by atoms with E-state index >= 15 is 0 Å². The van der Waals surface area contributed by atoms with Gasteiger partial charge in [0, 0.05) is 17.4 Å². The van der Waals surface area contributed by atoms with E-state index in [2.05, 4.69) is 10.6 Å². The van der Waals surface area contributed by atoms with Crippen molar-refractivity contribution >= 4 is 17.3 Å². The second-order valence-electron chi connectivity index (χ2n) is 4.12. The number of ether oxygens (including phenoxy) is 1. The maximum Gasteiger partial charge on any atom is 0.243 e. The topological polar surface area (TPSA) is 50.4 Å². The molecule has 0 saturated heterocycles. The van der Waals surface area contributed by atoms with Gasteiger partial charge in [-0.25, -0.2) is 4.39 Å². The SMILES string of the molecule is COc1ccc(NCC(=O)Nc2ccccc2)cc1F. The van der Waals surface area contributed by atoms with Gasteiger partial charge < -0.3 is 15.4 Å². The lowest BCUT2D eigenvalue weighted by Crippen LogP contribution is -2.21. The first-order valence-electron chi connectivity index (χ1n) is 6.11. The highest BCUT2D eigenvalue weighted by Crippen LogP contribution is 2.20. The minimum Gasteiger partial charge on any atom is -0.494 e. The third kappa shape index (κ3) is 3.71. The molecule has 1 amide bonds. The number of carbonyl (C=O) groups excluding carboxylic acids is 1. The number of halogens is 1. The Labute approximate surface area is 116 Å². The van der Waals surface area contributed by atoms with Crippen LogP contribution in [0.15, 0.2) is 48.5 Å². The van der Waals surface area contributed by atoms with Crippen LogP contribution in [0.25, 0.3) is 0 Å². The quantitative estimate of drug-likeness (QED) is 0.881. The molecule has 0 aromatic heterocycles. The van der Waals surface area contributed by atoms with Crippen molar-refractivity contribution in [3.05, 3.63) is 54.3 Å². The Morgan fingerprint density at radius 3 is 2.55 bits per heavy atom. The highest BCUT2D eigenvalue weighted by Gasteiger charge is 2.05. The standard InChI is InChI=1S/C15H15FN2O2/c1-20-14-8-7-12(9-13(14)16)17-10-15(19)18-11-5-3-2-4-6-11/h2-9,17H,10H2,1H3,(H,18,19). The van der Waals surface area contributed by atoms with Gasteiger partial charge in [0.25, 0.3) is 0 Å². The molecule has 20 heavy (non-hydrogen) atoms. The summed E-state index contributed by atoms with van der Waals surface area (Å²) in [4.78, 5) is 11.7. The molecule has 0 aliphatic heterocycles. The number of hydrogen-bond donors (Lipinski definition) is 2. The van der Waals surface area contributed by atoms with Crippen molar-refractivity contribution in [2.75, 3.05) is 24.3 Å². The molecule has 0 saturated carbocycles. The first-order chi connectivity index (χ1) is 9.69. The van der Waals surface area contributed by atoms with Gasteiger partial charge in [-0.3, -0.25) is 4.79 Å². The first-order valence-corrected chi connectivity index (χ1v) is 6.11. The molecule has 2 N–H and O–H groups in total. The van der Waals surface area contributed by atoms with Gasteiger partial charge >= 0.3 is 0 Å². The van der Waals surface area contributed by atoms with Crippen LogP contribution in [0.1, 0.15) is 0 Å². The molecule has 0 bridgehead atoms. The Bertz CT molecular complexity index is 588. The summed E-state index contributed by atoms with van der Waals surface area (Å²) in [6.07, 6.45) is 0. The van der Waals surface area contributed by atoms with E-state index in [-0.39, 0.29) is 18.2 Å². The molecule has 104 valence electrons. The fourth-order valence-corrected chi connectivity index (χ4v) is 1.69. The summed E-state index contributed by atoms with van der Waals surface area (Å²) in [6.45, 7) is 0.0562. The predicted molar refractivity (Wildman–Crippen MR) is 76.5 cm³/mol. The van der Waals surface area contributed by atoms with Crippen molar-refractivity contribution in [2.24, 2.45) is 0 Å². The Morgan fingerprint density at radius 1 is 1.15 bits per heavy atom. The van der Waals surface area contributed by atoms with Crippen LogP contribution in [0.4, 0.5) is 15.8 Å². The summed E-state index contributed by atoms with van der Waals surface area (Å²) >= 11 is 0. The number of carbonyl (C=O) groups is 1. The van der Waals surface area contributed by atoms with Gasteiger partial charge in [0.2, 0.25) is 5.91 Å². The fraction of sp³-hybridized carbons (Fsp3) is 0.133. The molecule has 0 fully saturated rings. The number of benzene rings is 2. The number of nitrogens with one attached hydrogen (secondary N) is 2. The van der Waals surface area contributed by atoms with E-state index in [1.165, 1.54) is 19.2 Å². The number of para-hydroxylation sites is 1. The Balaban J connectivity index is 1.89. The maximum atomic E-state index is 13.5. The zero-order chi connectivity index (χ0) is 14.4. The molecule has 0 heterocycles. The lowest BCUT2D eigenvalue weighted by atomic mass is 10.3. The lowest BCUT2D eigenvalue weighted by Gasteiger charge is -2.09. The number of anilines is 2. The summed E-state index contributed by atoms with van der Waals surface area (Å²) in [5.41, 5.74) is 1.24. The highest BCUT2D eigenvalue weighted by molar-refractivity contribution is 5.93. The van der Waals surface area contributed by atoms with Gasteiger partial charge in [0.15, 0.2) is 11.6 Å². The Hall–Kier alpha value is -2.56. The van der Waals surface area contributed by atoms with E-state index in [1.54, 1.807) is 18.2 Å². The van der Waals surface area contributed by atoms with E-state index in [0.717, 1.165) is 5.69 Å². The Morgan fingerprint density at radius 2 is 1.90 bits per heavy atom. The van der Waals surface area contributed by atoms with Crippen LogP contribution >= 0.6 is 0 Å². The summed E-state index contributed by atoms with van der Waals surface area (Å²) in [7, 11) is 1.40. The fourth-order valence-electron chi connectivity index (χ4n) is 1.69. The van der Waals surface area contributed by atoms with Gasteiger partial charge in [0.1, 0.15) is 0 Å². The predicted octanol–water partition coefficient (Wildman–Crippen LogP) is 2.88. The lowest BCUT2D eigenvalue weighted by molar-refractivity contribution is -0.114. The smallest absolute Gasteiger partial charge is 0.243 e. The number of methoxy groups -OCH3 is 1. The van der Waals surface area contributed by atoms with Crippen molar-refractivity contribution in [2.45, 2.75) is 0 Å². The molecule has 2 rings (SSSR count). The molecule has 5 heteroatoms. The minimum absolute atomic E-state index is 0.0562. The molecular weight excluding hydrogens is 259 g/mol. The van der Waals surface area contributed by atoms with E-state index < -0.39 is 5.82 Å². The second kappa shape index (κ2) is 6.56. The van der Waals surface area contributed by atoms with Gasteiger partial charge in [-0.15, -0.1) is 0 Å². The summed E-state index contributed by atoms with van der Waals surface area (Å²) in [6, 6.07) is 13.6. The van der Waals surface area contributed by atoms with Crippen molar-refractivity contribution < 1.29 is 13.9 Å². The van der Waals surface area contributed by atoms with Crippen LogP contribution in [0.2, 0.25) is 0 Å². The molecule has 2 aromatic carbocycles. The van der Waals surface area contributed by atoms with Gasteiger partial charge in [-0.2, -0.15) is 0 Å². The van der Waals surface area contributed by atoms with E-state index in [4.69, 9.17) is 4.74 Å². The van der Waals surface area contributed by atoms with Gasteiger partial charge in [0.05, 0.1) is 13.7 Å². The second-order valence-corrected chi connectivity index (χ2v) is 4.12. The van der Waals surface area contributed by atoms with Crippen LogP contribution in [0, 0.1) is 5.82 Å².